The van der Waals surface area contributed by atoms with Gasteiger partial charge in [-0.05, 0) is 20.8 Å². The zero-order chi connectivity index (χ0) is 14.1. The van der Waals surface area contributed by atoms with Crippen LogP contribution in [0, 0.1) is 5.41 Å². The fraction of sp³-hybridized carbons (Fsp3) is 0.909. The van der Waals surface area contributed by atoms with Gasteiger partial charge in [0.25, 0.3) is 0 Å². The molecule has 106 valence electrons. The number of rotatable bonds is 2. The number of carbonyl (C=O) groups excluding carboxylic acids is 1. The maximum atomic E-state index is 11.7. The van der Waals surface area contributed by atoms with Crippen LogP contribution in [0.15, 0.2) is 0 Å². The molecule has 0 aromatic rings. The Morgan fingerprint density at radius 1 is 1.33 bits per heavy atom. The summed E-state index contributed by atoms with van der Waals surface area (Å²) in [5.41, 5.74) is 4.86. The van der Waals surface area contributed by atoms with E-state index in [1.807, 2.05) is 0 Å². The van der Waals surface area contributed by atoms with E-state index in [9.17, 15) is 15.0 Å². The average Bonchev–Trinajstić information content (AvgIpc) is 2.27. The van der Waals surface area contributed by atoms with E-state index in [1.54, 1.807) is 20.8 Å². The first-order valence-corrected chi connectivity index (χ1v) is 5.77. The summed E-state index contributed by atoms with van der Waals surface area (Å²) in [6.45, 7) is 4.49. The lowest BCUT2D eigenvalue weighted by Crippen LogP contribution is -2.62. The largest absolute Gasteiger partial charge is 0.455 e. The summed E-state index contributed by atoms with van der Waals surface area (Å²) in [7, 11) is 0. The number of aliphatic hydroxyl groups is 3. The highest BCUT2D eigenvalue weighted by molar-refractivity contribution is 5.75. The van der Waals surface area contributed by atoms with Crippen LogP contribution in [-0.2, 0) is 14.3 Å². The third-order valence-electron chi connectivity index (χ3n) is 2.76. The SMILES string of the molecule is CC(C)(C)C(=O)O[C@H]1C(N)O[C@H](CO)[C@H](O)[C@@H]1O. The Balaban J connectivity index is 2.74. The molecule has 7 heteroatoms. The Bertz CT molecular complexity index is 302. The van der Waals surface area contributed by atoms with Gasteiger partial charge in [-0.1, -0.05) is 0 Å². The summed E-state index contributed by atoms with van der Waals surface area (Å²) in [5, 5.41) is 28.4. The minimum atomic E-state index is -1.39. The standard InChI is InChI=1S/C11H21NO6/c1-11(2,3)10(16)18-8-7(15)6(14)5(4-13)17-9(8)12/h5-9,13-15H,4,12H2,1-3H3/t5-,6+,7+,8-,9?/m1/s1. The Labute approximate surface area is 105 Å². The molecule has 0 aromatic heterocycles. The summed E-state index contributed by atoms with van der Waals surface area (Å²) >= 11 is 0. The van der Waals surface area contributed by atoms with Crippen molar-refractivity contribution >= 4 is 5.97 Å². The van der Waals surface area contributed by atoms with Gasteiger partial charge in [0.1, 0.15) is 24.5 Å². The van der Waals surface area contributed by atoms with Crippen molar-refractivity contribution in [2.24, 2.45) is 11.1 Å². The minimum absolute atomic E-state index is 0.480. The van der Waals surface area contributed by atoms with Gasteiger partial charge < -0.3 is 30.5 Å². The molecule has 0 radical (unpaired) electrons. The Morgan fingerprint density at radius 2 is 1.89 bits per heavy atom. The molecule has 7 nitrogen and oxygen atoms in total. The van der Waals surface area contributed by atoms with Crippen molar-refractivity contribution in [1.82, 2.24) is 0 Å². The van der Waals surface area contributed by atoms with Crippen molar-refractivity contribution in [2.45, 2.75) is 51.4 Å². The van der Waals surface area contributed by atoms with E-state index in [4.69, 9.17) is 20.3 Å². The van der Waals surface area contributed by atoms with E-state index >= 15 is 0 Å². The molecule has 0 aromatic carbocycles. The normalized spacial score (nSPS) is 37.4. The summed E-state index contributed by atoms with van der Waals surface area (Å²) in [6, 6.07) is 0. The van der Waals surface area contributed by atoms with Crippen LogP contribution in [0.3, 0.4) is 0 Å². The molecule has 1 saturated heterocycles. The van der Waals surface area contributed by atoms with Gasteiger partial charge in [0, 0.05) is 0 Å². The van der Waals surface area contributed by atoms with Crippen LogP contribution in [0.4, 0.5) is 0 Å². The van der Waals surface area contributed by atoms with Crippen molar-refractivity contribution in [3.63, 3.8) is 0 Å². The molecular weight excluding hydrogens is 242 g/mol. The van der Waals surface area contributed by atoms with Gasteiger partial charge in [0.15, 0.2) is 6.10 Å². The lowest BCUT2D eigenvalue weighted by atomic mass is 9.95. The minimum Gasteiger partial charge on any atom is -0.455 e. The van der Waals surface area contributed by atoms with E-state index in [2.05, 4.69) is 0 Å². The molecule has 1 aliphatic heterocycles. The molecule has 0 bridgehead atoms. The molecule has 5 atom stereocenters. The van der Waals surface area contributed by atoms with Gasteiger partial charge in [-0.2, -0.15) is 0 Å². The van der Waals surface area contributed by atoms with Gasteiger partial charge in [-0.15, -0.1) is 0 Å². The summed E-state index contributed by atoms with van der Waals surface area (Å²) in [5.74, 6) is -0.555. The quantitative estimate of drug-likeness (QED) is 0.440. The summed E-state index contributed by atoms with van der Waals surface area (Å²) in [6.07, 6.45) is -5.98. The van der Waals surface area contributed by atoms with E-state index in [0.717, 1.165) is 0 Å². The van der Waals surface area contributed by atoms with Gasteiger partial charge in [0.2, 0.25) is 0 Å². The molecule has 0 spiro atoms. The zero-order valence-corrected chi connectivity index (χ0v) is 10.7. The molecule has 1 unspecified atom stereocenters. The van der Waals surface area contributed by atoms with Crippen LogP contribution in [0.25, 0.3) is 0 Å². The zero-order valence-electron chi connectivity index (χ0n) is 10.7. The van der Waals surface area contributed by atoms with E-state index in [-0.39, 0.29) is 0 Å². The number of ether oxygens (including phenoxy) is 2. The molecule has 1 aliphatic rings. The van der Waals surface area contributed by atoms with Gasteiger partial charge >= 0.3 is 5.97 Å². The first-order chi connectivity index (χ1) is 8.18. The Kier molecular flexibility index (Phi) is 4.68. The Hall–Kier alpha value is -0.730. The highest BCUT2D eigenvalue weighted by Gasteiger charge is 2.45. The van der Waals surface area contributed by atoms with Crippen LogP contribution < -0.4 is 5.73 Å². The third-order valence-corrected chi connectivity index (χ3v) is 2.76. The molecule has 5 N–H and O–H groups in total. The lowest BCUT2D eigenvalue weighted by molar-refractivity contribution is -0.240. The molecule has 18 heavy (non-hydrogen) atoms. The van der Waals surface area contributed by atoms with Gasteiger partial charge in [-0.25, -0.2) is 0 Å². The fourth-order valence-corrected chi connectivity index (χ4v) is 1.56. The predicted octanol–water partition coefficient (Wildman–Crippen LogP) is -1.66. The maximum absolute atomic E-state index is 11.7. The third kappa shape index (κ3) is 3.18. The molecule has 1 rings (SSSR count). The number of nitrogens with two attached hydrogens (primary N) is 1. The van der Waals surface area contributed by atoms with Crippen LogP contribution in [0.1, 0.15) is 20.8 Å². The maximum Gasteiger partial charge on any atom is 0.311 e. The number of carbonyl (C=O) groups is 1. The number of hydrogen-bond donors (Lipinski definition) is 4. The molecular formula is C11H21NO6. The van der Waals surface area contributed by atoms with Crippen LogP contribution >= 0.6 is 0 Å². The monoisotopic (exact) mass is 263 g/mol. The van der Waals surface area contributed by atoms with Gasteiger partial charge in [0.05, 0.1) is 12.0 Å². The van der Waals surface area contributed by atoms with Crippen LogP contribution in [0.2, 0.25) is 0 Å². The topological polar surface area (TPSA) is 122 Å². The fourth-order valence-electron chi connectivity index (χ4n) is 1.56. The number of esters is 1. The average molecular weight is 263 g/mol. The predicted molar refractivity (Wildman–Crippen MR) is 61.3 cm³/mol. The van der Waals surface area contributed by atoms with Crippen molar-refractivity contribution < 1.29 is 29.6 Å². The van der Waals surface area contributed by atoms with Gasteiger partial charge in [-0.3, -0.25) is 4.79 Å². The lowest BCUT2D eigenvalue weighted by Gasteiger charge is -2.40. The van der Waals surface area contributed by atoms with Crippen molar-refractivity contribution in [2.75, 3.05) is 6.61 Å². The van der Waals surface area contributed by atoms with Crippen molar-refractivity contribution in [3.05, 3.63) is 0 Å². The van der Waals surface area contributed by atoms with Crippen molar-refractivity contribution in [1.29, 1.82) is 0 Å². The molecule has 1 heterocycles. The number of aliphatic hydroxyl groups excluding tert-OH is 3. The second kappa shape index (κ2) is 5.50. The molecule has 0 saturated carbocycles. The number of hydrogen-bond acceptors (Lipinski definition) is 7. The van der Waals surface area contributed by atoms with Crippen LogP contribution in [-0.4, -0.2) is 58.5 Å². The van der Waals surface area contributed by atoms with E-state index in [1.165, 1.54) is 0 Å². The first kappa shape index (κ1) is 15.3. The highest BCUT2D eigenvalue weighted by atomic mass is 16.6. The Morgan fingerprint density at radius 3 is 2.33 bits per heavy atom. The van der Waals surface area contributed by atoms with E-state index in [0.29, 0.717) is 0 Å². The summed E-state index contributed by atoms with van der Waals surface area (Å²) < 4.78 is 10.1. The highest BCUT2D eigenvalue weighted by Crippen LogP contribution is 2.24. The molecule has 0 aliphatic carbocycles. The second-order valence-electron chi connectivity index (χ2n) is 5.42. The second-order valence-corrected chi connectivity index (χ2v) is 5.42. The van der Waals surface area contributed by atoms with Crippen molar-refractivity contribution in [3.8, 4) is 0 Å². The van der Waals surface area contributed by atoms with E-state index < -0.39 is 48.6 Å². The van der Waals surface area contributed by atoms with Crippen LogP contribution in [0.5, 0.6) is 0 Å². The smallest absolute Gasteiger partial charge is 0.311 e. The summed E-state index contributed by atoms with van der Waals surface area (Å²) in [4.78, 5) is 11.7. The molecule has 0 amide bonds. The molecule has 1 fully saturated rings. The first-order valence-electron chi connectivity index (χ1n) is 5.77.